The molecule has 3 heterocycles. The van der Waals surface area contributed by atoms with Gasteiger partial charge in [-0.3, -0.25) is 9.36 Å². The van der Waals surface area contributed by atoms with Crippen molar-refractivity contribution in [2.24, 2.45) is 5.92 Å². The number of nitrogens with zero attached hydrogens (tertiary/aromatic N) is 2. The quantitative estimate of drug-likeness (QED) is 0.872. The Morgan fingerprint density at radius 1 is 1.36 bits per heavy atom. The van der Waals surface area contributed by atoms with E-state index >= 15 is 0 Å². The monoisotopic (exact) mass is 366 g/mol. The molecule has 8 nitrogen and oxygen atoms in total. The zero-order valence-electron chi connectivity index (χ0n) is 13.6. The lowest BCUT2D eigenvalue weighted by molar-refractivity contribution is -0.142. The van der Waals surface area contributed by atoms with Gasteiger partial charge in [0.05, 0.1) is 16.3 Å². The van der Waals surface area contributed by atoms with Crippen LogP contribution in [0.4, 0.5) is 0 Å². The van der Waals surface area contributed by atoms with Gasteiger partial charge >= 0.3 is 11.7 Å². The lowest BCUT2D eigenvalue weighted by Gasteiger charge is -2.22. The highest BCUT2D eigenvalue weighted by Crippen LogP contribution is 2.45. The Bertz CT molecular complexity index is 1020. The molecule has 3 unspecified atom stereocenters. The summed E-state index contributed by atoms with van der Waals surface area (Å²) in [7, 11) is -3.84. The summed E-state index contributed by atoms with van der Waals surface area (Å²) in [5.41, 5.74) is 0.758. The second-order valence-corrected chi connectivity index (χ2v) is 8.40. The fourth-order valence-electron chi connectivity index (χ4n) is 4.21. The largest absolute Gasteiger partial charge is 0.481 e. The molecule has 4 rings (SSSR count). The summed E-state index contributed by atoms with van der Waals surface area (Å²) in [6.45, 7) is 2.23. The van der Waals surface area contributed by atoms with E-state index < -0.39 is 33.7 Å². The molecular weight excluding hydrogens is 348 g/mol. The molecule has 1 N–H and O–H groups in total. The van der Waals surface area contributed by atoms with E-state index in [2.05, 4.69) is 0 Å². The van der Waals surface area contributed by atoms with E-state index in [1.165, 1.54) is 21.0 Å². The maximum Gasteiger partial charge on any atom is 0.419 e. The Morgan fingerprint density at radius 3 is 2.76 bits per heavy atom. The van der Waals surface area contributed by atoms with Crippen molar-refractivity contribution in [2.45, 2.75) is 49.7 Å². The van der Waals surface area contributed by atoms with Gasteiger partial charge in [0.1, 0.15) is 0 Å². The number of hydrogen-bond acceptors (Lipinski definition) is 5. The molecular formula is C16H18N2O6S. The van der Waals surface area contributed by atoms with Crippen LogP contribution in [0.2, 0.25) is 0 Å². The SMILES string of the molecule is CCn1c(=O)oc2cc(S(=O)(=O)N3C4CCC3C(C(=O)O)C4)ccc21. The van der Waals surface area contributed by atoms with Gasteiger partial charge in [-0.2, -0.15) is 4.31 Å². The number of aryl methyl sites for hydroxylation is 1. The smallest absolute Gasteiger partial charge is 0.419 e. The summed E-state index contributed by atoms with van der Waals surface area (Å²) in [4.78, 5) is 23.2. The summed E-state index contributed by atoms with van der Waals surface area (Å²) in [6.07, 6.45) is 1.59. The fourth-order valence-corrected chi connectivity index (χ4v) is 6.14. The first-order chi connectivity index (χ1) is 11.8. The van der Waals surface area contributed by atoms with Crippen molar-refractivity contribution in [3.63, 3.8) is 0 Å². The van der Waals surface area contributed by atoms with Crippen molar-refractivity contribution < 1.29 is 22.7 Å². The zero-order chi connectivity index (χ0) is 17.9. The summed E-state index contributed by atoms with van der Waals surface area (Å²) >= 11 is 0. The van der Waals surface area contributed by atoms with Gasteiger partial charge in [-0.05, 0) is 38.3 Å². The summed E-state index contributed by atoms with van der Waals surface area (Å²) in [5.74, 6) is -2.13. The first kappa shape index (κ1) is 16.3. The van der Waals surface area contributed by atoms with Gasteiger partial charge in [-0.1, -0.05) is 0 Å². The van der Waals surface area contributed by atoms with Gasteiger partial charge in [0, 0.05) is 24.7 Å². The second kappa shape index (κ2) is 5.43. The van der Waals surface area contributed by atoms with Crippen LogP contribution in [0, 0.1) is 5.92 Å². The van der Waals surface area contributed by atoms with Crippen molar-refractivity contribution in [1.82, 2.24) is 8.87 Å². The average molecular weight is 366 g/mol. The normalized spacial score (nSPS) is 26.5. The highest BCUT2D eigenvalue weighted by Gasteiger charge is 2.54. The average Bonchev–Trinajstić information content (AvgIpc) is 3.23. The number of sulfonamides is 1. The van der Waals surface area contributed by atoms with Crippen molar-refractivity contribution in [2.75, 3.05) is 0 Å². The number of carboxylic acids is 1. The number of fused-ring (bicyclic) bond motifs is 3. The molecule has 1 aromatic carbocycles. The minimum absolute atomic E-state index is 0.0277. The topological polar surface area (TPSA) is 110 Å². The first-order valence-electron chi connectivity index (χ1n) is 8.24. The van der Waals surface area contributed by atoms with E-state index in [9.17, 15) is 23.1 Å². The van der Waals surface area contributed by atoms with Gasteiger partial charge < -0.3 is 9.52 Å². The Labute approximate surface area is 143 Å². The molecule has 0 amide bonds. The van der Waals surface area contributed by atoms with Crippen LogP contribution in [0.25, 0.3) is 11.1 Å². The van der Waals surface area contributed by atoms with Crippen molar-refractivity contribution in [3.05, 3.63) is 28.7 Å². The molecule has 0 radical (unpaired) electrons. The van der Waals surface area contributed by atoms with E-state index in [1.807, 2.05) is 0 Å². The Kier molecular flexibility index (Phi) is 3.55. The van der Waals surface area contributed by atoms with Crippen molar-refractivity contribution >= 4 is 27.1 Å². The second-order valence-electron chi connectivity index (χ2n) is 6.56. The number of hydrogen-bond donors (Lipinski definition) is 1. The van der Waals surface area contributed by atoms with Crippen LogP contribution in [0.5, 0.6) is 0 Å². The van der Waals surface area contributed by atoms with Crippen LogP contribution in [0.3, 0.4) is 0 Å². The summed E-state index contributed by atoms with van der Waals surface area (Å²) < 4.78 is 34.1. The van der Waals surface area contributed by atoms with E-state index in [4.69, 9.17) is 4.42 Å². The first-order valence-corrected chi connectivity index (χ1v) is 9.68. The lowest BCUT2D eigenvalue weighted by atomic mass is 9.89. The summed E-state index contributed by atoms with van der Waals surface area (Å²) in [5, 5.41) is 9.32. The minimum atomic E-state index is -3.84. The fraction of sp³-hybridized carbons (Fsp3) is 0.500. The molecule has 2 aliphatic rings. The molecule has 0 aliphatic carbocycles. The van der Waals surface area contributed by atoms with Crippen molar-refractivity contribution in [3.8, 4) is 0 Å². The molecule has 2 bridgehead atoms. The molecule has 2 aliphatic heterocycles. The molecule has 2 saturated heterocycles. The third kappa shape index (κ3) is 2.26. The predicted molar refractivity (Wildman–Crippen MR) is 87.7 cm³/mol. The number of carboxylic acid groups (broad SMARTS) is 1. The van der Waals surface area contributed by atoms with Crippen LogP contribution in [-0.4, -0.2) is 40.4 Å². The maximum absolute atomic E-state index is 13.1. The number of aromatic nitrogens is 1. The Balaban J connectivity index is 1.77. The lowest BCUT2D eigenvalue weighted by Crippen LogP contribution is -2.37. The van der Waals surface area contributed by atoms with E-state index in [0.29, 0.717) is 31.3 Å². The van der Waals surface area contributed by atoms with Crippen LogP contribution in [0.15, 0.2) is 32.3 Å². The van der Waals surface area contributed by atoms with Crippen LogP contribution < -0.4 is 5.76 Å². The van der Waals surface area contributed by atoms with Crippen LogP contribution in [-0.2, 0) is 21.4 Å². The minimum Gasteiger partial charge on any atom is -0.481 e. The number of carbonyl (C=O) groups is 1. The van der Waals surface area contributed by atoms with Crippen LogP contribution >= 0.6 is 0 Å². The molecule has 2 aromatic rings. The number of aliphatic carboxylic acids is 1. The molecule has 0 spiro atoms. The van der Waals surface area contributed by atoms with E-state index in [0.717, 1.165) is 0 Å². The van der Waals surface area contributed by atoms with Crippen LogP contribution in [0.1, 0.15) is 26.2 Å². The standard InChI is InChI=1S/C16H18N2O6S/c1-2-17-13-6-4-10(8-14(13)24-16(17)21)25(22,23)18-9-3-5-12(18)11(7-9)15(19)20/h4,6,8-9,11-12H,2-3,5,7H2,1H3,(H,19,20). The van der Waals surface area contributed by atoms with Gasteiger partial charge in [-0.15, -0.1) is 0 Å². The number of rotatable bonds is 4. The van der Waals surface area contributed by atoms with E-state index in [1.54, 1.807) is 13.0 Å². The molecule has 1 aromatic heterocycles. The Hall–Kier alpha value is -2.13. The molecule has 3 atom stereocenters. The maximum atomic E-state index is 13.1. The van der Waals surface area contributed by atoms with Gasteiger partial charge in [0.15, 0.2) is 5.58 Å². The number of oxazole rings is 1. The molecule has 9 heteroatoms. The predicted octanol–water partition coefficient (Wildman–Crippen LogP) is 1.24. The van der Waals surface area contributed by atoms with Crippen molar-refractivity contribution in [1.29, 1.82) is 0 Å². The van der Waals surface area contributed by atoms with Gasteiger partial charge in [0.2, 0.25) is 10.0 Å². The Morgan fingerprint density at radius 2 is 2.12 bits per heavy atom. The third-order valence-corrected chi connectivity index (χ3v) is 7.30. The molecule has 2 fully saturated rings. The van der Waals surface area contributed by atoms with Gasteiger partial charge in [-0.25, -0.2) is 13.2 Å². The highest BCUT2D eigenvalue weighted by atomic mass is 32.2. The highest BCUT2D eigenvalue weighted by molar-refractivity contribution is 7.89. The molecule has 25 heavy (non-hydrogen) atoms. The van der Waals surface area contributed by atoms with E-state index in [-0.39, 0.29) is 16.5 Å². The van der Waals surface area contributed by atoms with Gasteiger partial charge in [0.25, 0.3) is 0 Å². The molecule has 134 valence electrons. The number of benzene rings is 1. The summed E-state index contributed by atoms with van der Waals surface area (Å²) in [6, 6.07) is 3.58. The zero-order valence-corrected chi connectivity index (χ0v) is 14.4. The third-order valence-electron chi connectivity index (χ3n) is 5.32. The molecule has 0 saturated carbocycles.